The fourth-order valence-corrected chi connectivity index (χ4v) is 2.20. The van der Waals surface area contributed by atoms with Crippen LogP contribution in [0.1, 0.15) is 43.6 Å². The normalized spacial score (nSPS) is 13.3. The molecule has 1 N–H and O–H groups in total. The molecule has 0 aromatic heterocycles. The molecule has 0 saturated heterocycles. The van der Waals surface area contributed by atoms with Gasteiger partial charge >= 0.3 is 0 Å². The van der Waals surface area contributed by atoms with Gasteiger partial charge in [0.1, 0.15) is 0 Å². The number of hydrogen-bond donors (Lipinski definition) is 1. The van der Waals surface area contributed by atoms with E-state index in [4.69, 9.17) is 0 Å². The lowest BCUT2D eigenvalue weighted by Gasteiger charge is -2.26. The Morgan fingerprint density at radius 1 is 0.833 bits per heavy atom. The van der Waals surface area contributed by atoms with E-state index in [2.05, 4.69) is 50.2 Å². The third-order valence-electron chi connectivity index (χ3n) is 3.61. The van der Waals surface area contributed by atoms with Crippen LogP contribution in [0.2, 0.25) is 0 Å². The molecule has 1 atom stereocenters. The topological polar surface area (TPSA) is 20.2 Å². The number of benzene rings is 2. The van der Waals surface area contributed by atoms with Gasteiger partial charge in [0.15, 0.2) is 0 Å². The van der Waals surface area contributed by atoms with Gasteiger partial charge in [0.25, 0.3) is 0 Å². The van der Waals surface area contributed by atoms with E-state index < -0.39 is 6.10 Å². The lowest BCUT2D eigenvalue weighted by Crippen LogP contribution is -2.18. The van der Waals surface area contributed by atoms with Gasteiger partial charge in [0.2, 0.25) is 0 Å². The molecule has 1 nitrogen and oxygen atoms in total. The Balaban J connectivity index is 2.36. The van der Waals surface area contributed by atoms with Crippen molar-refractivity contribution in [2.75, 3.05) is 0 Å². The fourth-order valence-electron chi connectivity index (χ4n) is 2.20. The molecule has 0 saturated carbocycles. The molecule has 0 aliphatic rings. The molecule has 1 heteroatoms. The van der Waals surface area contributed by atoms with Gasteiger partial charge in [-0.15, -0.1) is 0 Å². The summed E-state index contributed by atoms with van der Waals surface area (Å²) in [6.45, 7) is 6.23. The second-order valence-corrected chi connectivity index (χ2v) is 5.29. The van der Waals surface area contributed by atoms with Crippen molar-refractivity contribution in [2.24, 2.45) is 0 Å². The molecular formula is C17H20O. The van der Waals surface area contributed by atoms with Crippen LogP contribution >= 0.6 is 0 Å². The average Bonchev–Trinajstić information content (AvgIpc) is 2.40. The Labute approximate surface area is 109 Å². The summed E-state index contributed by atoms with van der Waals surface area (Å²) in [4.78, 5) is 0. The maximum absolute atomic E-state index is 9.53. The molecule has 2 aromatic carbocycles. The first-order valence-electron chi connectivity index (χ1n) is 6.36. The van der Waals surface area contributed by atoms with E-state index in [1.165, 1.54) is 11.1 Å². The lowest BCUT2D eigenvalue weighted by molar-refractivity contribution is 0.199. The van der Waals surface area contributed by atoms with Crippen molar-refractivity contribution in [3.05, 3.63) is 71.3 Å². The van der Waals surface area contributed by atoms with Crippen LogP contribution in [0.3, 0.4) is 0 Å². The average molecular weight is 240 g/mol. The minimum absolute atomic E-state index is 0.0154. The number of aliphatic hydroxyl groups excluding tert-OH is 1. The zero-order chi connectivity index (χ0) is 13.2. The Morgan fingerprint density at radius 2 is 1.33 bits per heavy atom. The van der Waals surface area contributed by atoms with Crippen molar-refractivity contribution in [3.63, 3.8) is 0 Å². The summed E-state index contributed by atoms with van der Waals surface area (Å²) in [5.74, 6) is 0. The maximum Gasteiger partial charge on any atom is 0.0761 e. The molecule has 0 radical (unpaired) electrons. The minimum Gasteiger partial charge on any atom is -0.389 e. The smallest absolute Gasteiger partial charge is 0.0761 e. The van der Waals surface area contributed by atoms with E-state index in [1.54, 1.807) is 6.92 Å². The van der Waals surface area contributed by atoms with Crippen molar-refractivity contribution >= 4 is 0 Å². The molecule has 0 aliphatic carbocycles. The van der Waals surface area contributed by atoms with Crippen LogP contribution in [0.5, 0.6) is 0 Å². The molecule has 0 amide bonds. The summed E-state index contributed by atoms with van der Waals surface area (Å²) >= 11 is 0. The van der Waals surface area contributed by atoms with E-state index >= 15 is 0 Å². The number of rotatable bonds is 3. The van der Waals surface area contributed by atoms with Gasteiger partial charge in [-0.3, -0.25) is 0 Å². The van der Waals surface area contributed by atoms with Crippen LogP contribution in [0.15, 0.2) is 54.6 Å². The monoisotopic (exact) mass is 240 g/mol. The van der Waals surface area contributed by atoms with E-state index in [0.29, 0.717) is 0 Å². The highest BCUT2D eigenvalue weighted by Crippen LogP contribution is 2.31. The van der Waals surface area contributed by atoms with Crippen LogP contribution < -0.4 is 0 Å². The first kappa shape index (κ1) is 12.8. The predicted molar refractivity (Wildman–Crippen MR) is 75.6 cm³/mol. The van der Waals surface area contributed by atoms with Gasteiger partial charge in [-0.1, -0.05) is 68.4 Å². The highest BCUT2D eigenvalue weighted by atomic mass is 16.3. The summed E-state index contributed by atoms with van der Waals surface area (Å²) in [5, 5.41) is 9.53. The zero-order valence-corrected chi connectivity index (χ0v) is 11.2. The summed E-state index contributed by atoms with van der Waals surface area (Å²) in [6, 6.07) is 18.7. The molecule has 1 unspecified atom stereocenters. The van der Waals surface area contributed by atoms with Crippen molar-refractivity contribution in [1.82, 2.24) is 0 Å². The summed E-state index contributed by atoms with van der Waals surface area (Å²) in [7, 11) is 0. The van der Waals surface area contributed by atoms with Crippen molar-refractivity contribution < 1.29 is 5.11 Å². The van der Waals surface area contributed by atoms with Crippen LogP contribution in [-0.4, -0.2) is 5.11 Å². The molecule has 18 heavy (non-hydrogen) atoms. The number of aliphatic hydroxyl groups is 1. The van der Waals surface area contributed by atoms with Gasteiger partial charge in [-0.2, -0.15) is 0 Å². The molecular weight excluding hydrogens is 220 g/mol. The molecule has 0 spiro atoms. The standard InChI is InChI=1S/C17H20O/c1-13(18)14-9-11-16(12-10-14)17(2,3)15-7-5-4-6-8-15/h4-13,18H,1-3H3. The highest BCUT2D eigenvalue weighted by molar-refractivity contribution is 5.38. The summed E-state index contributed by atoms with van der Waals surface area (Å²) < 4.78 is 0. The Morgan fingerprint density at radius 3 is 1.83 bits per heavy atom. The van der Waals surface area contributed by atoms with Crippen LogP contribution in [-0.2, 0) is 5.41 Å². The largest absolute Gasteiger partial charge is 0.389 e. The Hall–Kier alpha value is -1.60. The molecule has 2 aromatic rings. The zero-order valence-electron chi connectivity index (χ0n) is 11.2. The van der Waals surface area contributed by atoms with Gasteiger partial charge in [-0.25, -0.2) is 0 Å². The number of hydrogen-bond acceptors (Lipinski definition) is 1. The SMILES string of the molecule is CC(O)c1ccc(C(C)(C)c2ccccc2)cc1. The van der Waals surface area contributed by atoms with Gasteiger partial charge in [0.05, 0.1) is 6.10 Å². The van der Waals surface area contributed by atoms with E-state index in [1.807, 2.05) is 18.2 Å². The lowest BCUT2D eigenvalue weighted by atomic mass is 9.78. The van der Waals surface area contributed by atoms with Crippen molar-refractivity contribution in [3.8, 4) is 0 Å². The summed E-state index contributed by atoms with van der Waals surface area (Å²) in [5.41, 5.74) is 3.51. The van der Waals surface area contributed by atoms with Gasteiger partial charge in [0, 0.05) is 5.41 Å². The van der Waals surface area contributed by atoms with Crippen LogP contribution in [0.25, 0.3) is 0 Å². The molecule has 0 bridgehead atoms. The molecule has 94 valence electrons. The highest BCUT2D eigenvalue weighted by Gasteiger charge is 2.22. The second kappa shape index (κ2) is 4.95. The first-order valence-corrected chi connectivity index (χ1v) is 6.36. The Bertz CT molecular complexity index is 495. The van der Waals surface area contributed by atoms with E-state index in [-0.39, 0.29) is 5.41 Å². The van der Waals surface area contributed by atoms with E-state index in [9.17, 15) is 5.11 Å². The Kier molecular flexibility index (Phi) is 3.53. The molecule has 2 rings (SSSR count). The summed E-state index contributed by atoms with van der Waals surface area (Å²) in [6.07, 6.45) is -0.404. The third-order valence-corrected chi connectivity index (χ3v) is 3.61. The van der Waals surface area contributed by atoms with Crippen LogP contribution in [0, 0.1) is 0 Å². The van der Waals surface area contributed by atoms with Crippen molar-refractivity contribution in [1.29, 1.82) is 0 Å². The fraction of sp³-hybridized carbons (Fsp3) is 0.294. The first-order chi connectivity index (χ1) is 8.51. The minimum atomic E-state index is -0.404. The molecule has 0 aliphatic heterocycles. The predicted octanol–water partition coefficient (Wildman–Crippen LogP) is 4.07. The van der Waals surface area contributed by atoms with E-state index in [0.717, 1.165) is 5.56 Å². The quantitative estimate of drug-likeness (QED) is 0.857. The van der Waals surface area contributed by atoms with Gasteiger partial charge in [-0.05, 0) is 23.6 Å². The third kappa shape index (κ3) is 2.46. The van der Waals surface area contributed by atoms with Gasteiger partial charge < -0.3 is 5.11 Å². The molecule has 0 heterocycles. The second-order valence-electron chi connectivity index (χ2n) is 5.29. The maximum atomic E-state index is 9.53. The van der Waals surface area contributed by atoms with Crippen molar-refractivity contribution in [2.45, 2.75) is 32.3 Å². The molecule has 0 fully saturated rings. The van der Waals surface area contributed by atoms with Crippen LogP contribution in [0.4, 0.5) is 0 Å².